The third kappa shape index (κ3) is 2.45. The van der Waals surface area contributed by atoms with Crippen molar-refractivity contribution < 1.29 is 9.13 Å². The van der Waals surface area contributed by atoms with Crippen LogP contribution in [0.4, 0.5) is 4.39 Å². The Hall–Kier alpha value is -1.17. The van der Waals surface area contributed by atoms with Gasteiger partial charge >= 0.3 is 0 Å². The van der Waals surface area contributed by atoms with Gasteiger partial charge in [0.2, 0.25) is 0 Å². The van der Waals surface area contributed by atoms with E-state index in [4.69, 9.17) is 16.3 Å². The SMILES string of the molecule is CNC1CC(c2ncc(Cl)s2)Oc2cc(F)ccc21. The molecule has 2 unspecified atom stereocenters. The van der Waals surface area contributed by atoms with E-state index >= 15 is 0 Å². The molecular weight excluding hydrogens is 287 g/mol. The highest BCUT2D eigenvalue weighted by Crippen LogP contribution is 2.42. The molecule has 1 aliphatic rings. The van der Waals surface area contributed by atoms with Crippen LogP contribution in [0, 0.1) is 5.82 Å². The monoisotopic (exact) mass is 298 g/mol. The summed E-state index contributed by atoms with van der Waals surface area (Å²) in [7, 11) is 1.88. The number of thiazole rings is 1. The summed E-state index contributed by atoms with van der Waals surface area (Å²) >= 11 is 7.29. The molecule has 2 aromatic rings. The van der Waals surface area contributed by atoms with Gasteiger partial charge in [-0.25, -0.2) is 9.37 Å². The summed E-state index contributed by atoms with van der Waals surface area (Å²) < 4.78 is 19.8. The molecule has 2 heterocycles. The van der Waals surface area contributed by atoms with E-state index in [1.807, 2.05) is 7.05 Å². The lowest BCUT2D eigenvalue weighted by molar-refractivity contribution is 0.153. The minimum absolute atomic E-state index is 0.122. The van der Waals surface area contributed by atoms with Crippen molar-refractivity contribution in [2.45, 2.75) is 18.6 Å². The van der Waals surface area contributed by atoms with Gasteiger partial charge in [-0.2, -0.15) is 0 Å². The quantitative estimate of drug-likeness (QED) is 0.917. The molecule has 0 amide bonds. The number of aromatic nitrogens is 1. The summed E-state index contributed by atoms with van der Waals surface area (Å²) in [5, 5.41) is 4.05. The third-order valence-electron chi connectivity index (χ3n) is 3.19. The number of halogens is 2. The molecule has 0 fully saturated rings. The second kappa shape index (κ2) is 5.07. The second-order valence-corrected chi connectivity index (χ2v) is 6.06. The number of hydrogen-bond donors (Lipinski definition) is 1. The highest BCUT2D eigenvalue weighted by Gasteiger charge is 2.30. The summed E-state index contributed by atoms with van der Waals surface area (Å²) in [6, 6.07) is 4.75. The Bertz CT molecular complexity index is 604. The number of hydrogen-bond acceptors (Lipinski definition) is 4. The maximum absolute atomic E-state index is 13.3. The molecule has 19 heavy (non-hydrogen) atoms. The van der Waals surface area contributed by atoms with E-state index in [-0.39, 0.29) is 18.0 Å². The van der Waals surface area contributed by atoms with Gasteiger partial charge < -0.3 is 10.1 Å². The first-order valence-electron chi connectivity index (χ1n) is 5.92. The average Bonchev–Trinajstić information content (AvgIpc) is 2.83. The lowest BCUT2D eigenvalue weighted by atomic mass is 9.97. The molecule has 2 atom stereocenters. The Balaban J connectivity index is 1.96. The Morgan fingerprint density at radius 1 is 1.53 bits per heavy atom. The molecule has 0 saturated heterocycles. The number of nitrogens with zero attached hydrogens (tertiary/aromatic N) is 1. The van der Waals surface area contributed by atoms with Gasteiger partial charge in [-0.05, 0) is 13.1 Å². The zero-order chi connectivity index (χ0) is 13.4. The van der Waals surface area contributed by atoms with Crippen LogP contribution in [0.3, 0.4) is 0 Å². The molecule has 1 aromatic carbocycles. The van der Waals surface area contributed by atoms with Crippen molar-refractivity contribution in [3.05, 3.63) is 45.1 Å². The fourth-order valence-corrected chi connectivity index (χ4v) is 3.25. The molecular formula is C13H12ClFN2OS. The van der Waals surface area contributed by atoms with Crippen LogP contribution < -0.4 is 10.1 Å². The van der Waals surface area contributed by atoms with Crippen molar-refractivity contribution in [3.63, 3.8) is 0 Å². The van der Waals surface area contributed by atoms with Crippen LogP contribution in [-0.2, 0) is 0 Å². The Kier molecular flexibility index (Phi) is 3.43. The molecule has 0 aliphatic carbocycles. The normalized spacial score (nSPS) is 21.8. The zero-order valence-corrected chi connectivity index (χ0v) is 11.8. The zero-order valence-electron chi connectivity index (χ0n) is 10.2. The van der Waals surface area contributed by atoms with E-state index in [2.05, 4.69) is 10.3 Å². The molecule has 0 bridgehead atoms. The van der Waals surface area contributed by atoms with Crippen molar-refractivity contribution in [1.29, 1.82) is 0 Å². The van der Waals surface area contributed by atoms with Crippen LogP contribution >= 0.6 is 22.9 Å². The van der Waals surface area contributed by atoms with Crippen LogP contribution in [0.1, 0.15) is 29.1 Å². The minimum atomic E-state index is -0.300. The average molecular weight is 299 g/mol. The molecule has 3 rings (SSSR count). The molecule has 1 N–H and O–H groups in total. The standard InChI is InChI=1S/C13H12ClFN2OS/c1-16-9-5-11(13-17-6-12(14)19-13)18-10-4-7(15)2-3-8(9)10/h2-4,6,9,11,16H,5H2,1H3. The molecule has 1 aromatic heterocycles. The van der Waals surface area contributed by atoms with Crippen molar-refractivity contribution in [1.82, 2.24) is 10.3 Å². The van der Waals surface area contributed by atoms with E-state index in [9.17, 15) is 4.39 Å². The molecule has 3 nitrogen and oxygen atoms in total. The topological polar surface area (TPSA) is 34.2 Å². The number of fused-ring (bicyclic) bond motifs is 1. The summed E-state index contributed by atoms with van der Waals surface area (Å²) in [5.41, 5.74) is 0.975. The summed E-state index contributed by atoms with van der Waals surface area (Å²) in [6.45, 7) is 0. The van der Waals surface area contributed by atoms with Gasteiger partial charge in [-0.1, -0.05) is 17.7 Å². The highest BCUT2D eigenvalue weighted by atomic mass is 35.5. The lowest BCUT2D eigenvalue weighted by Gasteiger charge is -2.31. The van der Waals surface area contributed by atoms with Crippen LogP contribution in [0.15, 0.2) is 24.4 Å². The van der Waals surface area contributed by atoms with Gasteiger partial charge in [-0.3, -0.25) is 0 Å². The van der Waals surface area contributed by atoms with Gasteiger partial charge in [0.15, 0.2) is 6.10 Å². The van der Waals surface area contributed by atoms with Crippen molar-refractivity contribution >= 4 is 22.9 Å². The van der Waals surface area contributed by atoms with Gasteiger partial charge in [0.05, 0.1) is 6.20 Å². The Morgan fingerprint density at radius 3 is 3.05 bits per heavy atom. The van der Waals surface area contributed by atoms with Crippen LogP contribution in [0.5, 0.6) is 5.75 Å². The summed E-state index contributed by atoms with van der Waals surface area (Å²) in [6.07, 6.45) is 2.17. The molecule has 0 saturated carbocycles. The largest absolute Gasteiger partial charge is 0.483 e. The minimum Gasteiger partial charge on any atom is -0.483 e. The van der Waals surface area contributed by atoms with E-state index in [0.29, 0.717) is 10.1 Å². The number of ether oxygens (including phenoxy) is 1. The van der Waals surface area contributed by atoms with Gasteiger partial charge in [0.1, 0.15) is 20.9 Å². The van der Waals surface area contributed by atoms with Gasteiger partial charge in [0, 0.05) is 24.1 Å². The smallest absolute Gasteiger partial charge is 0.152 e. The third-order valence-corrected chi connectivity index (χ3v) is 4.40. The van der Waals surface area contributed by atoms with Gasteiger partial charge in [-0.15, -0.1) is 11.3 Å². The maximum Gasteiger partial charge on any atom is 0.152 e. The highest BCUT2D eigenvalue weighted by molar-refractivity contribution is 7.15. The first-order chi connectivity index (χ1) is 9.17. The van der Waals surface area contributed by atoms with Crippen LogP contribution in [0.25, 0.3) is 0 Å². The summed E-state index contributed by atoms with van der Waals surface area (Å²) in [4.78, 5) is 4.24. The van der Waals surface area contributed by atoms with E-state index < -0.39 is 0 Å². The lowest BCUT2D eigenvalue weighted by Crippen LogP contribution is -2.26. The maximum atomic E-state index is 13.3. The second-order valence-electron chi connectivity index (χ2n) is 4.37. The van der Waals surface area contributed by atoms with Gasteiger partial charge in [0.25, 0.3) is 0 Å². The summed E-state index contributed by atoms with van der Waals surface area (Å²) in [5.74, 6) is 0.272. The van der Waals surface area contributed by atoms with Crippen molar-refractivity contribution in [3.8, 4) is 5.75 Å². The van der Waals surface area contributed by atoms with Crippen molar-refractivity contribution in [2.75, 3.05) is 7.05 Å². The molecule has 1 aliphatic heterocycles. The van der Waals surface area contributed by atoms with E-state index in [1.54, 1.807) is 12.3 Å². The predicted molar refractivity (Wildman–Crippen MR) is 73.3 cm³/mol. The van der Waals surface area contributed by atoms with E-state index in [0.717, 1.165) is 17.0 Å². The molecule has 0 spiro atoms. The fourth-order valence-electron chi connectivity index (χ4n) is 2.28. The number of nitrogens with one attached hydrogen (secondary N) is 1. The van der Waals surface area contributed by atoms with Crippen molar-refractivity contribution in [2.24, 2.45) is 0 Å². The van der Waals surface area contributed by atoms with Crippen LogP contribution in [-0.4, -0.2) is 12.0 Å². The molecule has 6 heteroatoms. The predicted octanol–water partition coefficient (Wildman–Crippen LogP) is 3.72. The Morgan fingerprint density at radius 2 is 2.37 bits per heavy atom. The first-order valence-corrected chi connectivity index (χ1v) is 7.11. The number of benzene rings is 1. The van der Waals surface area contributed by atoms with E-state index in [1.165, 1.54) is 23.5 Å². The fraction of sp³-hybridized carbons (Fsp3) is 0.308. The van der Waals surface area contributed by atoms with Crippen LogP contribution in [0.2, 0.25) is 4.34 Å². The number of rotatable bonds is 2. The molecule has 100 valence electrons. The first kappa shape index (κ1) is 12.8. The molecule has 0 radical (unpaired) electrons. The Labute approximate surface area is 119 Å².